The summed E-state index contributed by atoms with van der Waals surface area (Å²) in [4.78, 5) is 12.3. The third-order valence-electron chi connectivity index (χ3n) is 3.99. The number of rotatable bonds is 3. The van der Waals surface area contributed by atoms with Crippen molar-refractivity contribution in [2.75, 3.05) is 12.3 Å². The summed E-state index contributed by atoms with van der Waals surface area (Å²) in [7, 11) is 0. The number of nitrogen functional groups attached to an aromatic ring is 1. The number of nitrogens with one attached hydrogen (secondary N) is 1. The maximum atomic E-state index is 12.3. The van der Waals surface area contributed by atoms with Crippen molar-refractivity contribution in [2.24, 2.45) is 5.92 Å². The Morgan fingerprint density at radius 2 is 2.16 bits per heavy atom. The van der Waals surface area contributed by atoms with Crippen LogP contribution in [0.2, 0.25) is 0 Å². The fourth-order valence-electron chi connectivity index (χ4n) is 2.77. The van der Waals surface area contributed by atoms with Gasteiger partial charge in [0.25, 0.3) is 5.91 Å². The standard InChI is InChI=1S/C15H20N2O2/c1-9-2-5-12(16)11(8-9)15(18)17-13-6-7-19-14(13)10-3-4-10/h2,5,8,10,13-14H,3-4,6-7,16H2,1H3,(H,17,18). The predicted molar refractivity (Wildman–Crippen MR) is 73.9 cm³/mol. The molecule has 2 unspecified atom stereocenters. The summed E-state index contributed by atoms with van der Waals surface area (Å²) < 4.78 is 5.73. The summed E-state index contributed by atoms with van der Waals surface area (Å²) in [5.41, 5.74) is 8.02. The van der Waals surface area contributed by atoms with Crippen LogP contribution < -0.4 is 11.1 Å². The van der Waals surface area contributed by atoms with Gasteiger partial charge in [-0.2, -0.15) is 0 Å². The Morgan fingerprint density at radius 3 is 2.89 bits per heavy atom. The Bertz CT molecular complexity index is 497. The first-order valence-electron chi connectivity index (χ1n) is 6.94. The molecule has 2 aliphatic rings. The Hall–Kier alpha value is -1.55. The largest absolute Gasteiger partial charge is 0.398 e. The van der Waals surface area contributed by atoms with Crippen molar-refractivity contribution >= 4 is 11.6 Å². The molecule has 0 radical (unpaired) electrons. The van der Waals surface area contributed by atoms with Crippen LogP contribution in [0.25, 0.3) is 0 Å². The van der Waals surface area contributed by atoms with Gasteiger partial charge in [0.1, 0.15) is 0 Å². The van der Waals surface area contributed by atoms with E-state index >= 15 is 0 Å². The Morgan fingerprint density at radius 1 is 1.37 bits per heavy atom. The summed E-state index contributed by atoms with van der Waals surface area (Å²) in [5, 5.41) is 3.09. The average molecular weight is 260 g/mol. The number of amides is 1. The molecule has 0 aromatic heterocycles. The van der Waals surface area contributed by atoms with E-state index < -0.39 is 0 Å². The molecule has 0 bridgehead atoms. The summed E-state index contributed by atoms with van der Waals surface area (Å²) in [6.45, 7) is 2.71. The number of aryl methyl sites for hydroxylation is 1. The highest BCUT2D eigenvalue weighted by molar-refractivity contribution is 5.99. The maximum Gasteiger partial charge on any atom is 0.253 e. The molecular weight excluding hydrogens is 240 g/mol. The lowest BCUT2D eigenvalue weighted by atomic mass is 10.0. The van der Waals surface area contributed by atoms with Gasteiger partial charge in [-0.1, -0.05) is 11.6 Å². The lowest BCUT2D eigenvalue weighted by molar-refractivity contribution is 0.0730. The van der Waals surface area contributed by atoms with Crippen molar-refractivity contribution in [3.05, 3.63) is 29.3 Å². The summed E-state index contributed by atoms with van der Waals surface area (Å²) in [6, 6.07) is 5.68. The second-order valence-electron chi connectivity index (χ2n) is 5.63. The van der Waals surface area contributed by atoms with Crippen LogP contribution in [0, 0.1) is 12.8 Å². The van der Waals surface area contributed by atoms with Crippen molar-refractivity contribution in [3.8, 4) is 0 Å². The lowest BCUT2D eigenvalue weighted by Crippen LogP contribution is -2.41. The maximum absolute atomic E-state index is 12.3. The Labute approximate surface area is 113 Å². The molecule has 1 saturated heterocycles. The van der Waals surface area contributed by atoms with Crippen LogP contribution in [0.5, 0.6) is 0 Å². The van der Waals surface area contributed by atoms with E-state index in [1.807, 2.05) is 19.1 Å². The second-order valence-corrected chi connectivity index (χ2v) is 5.63. The zero-order chi connectivity index (χ0) is 13.4. The summed E-state index contributed by atoms with van der Waals surface area (Å²) in [5.74, 6) is 0.560. The molecule has 0 spiro atoms. The summed E-state index contributed by atoms with van der Waals surface area (Å²) in [6.07, 6.45) is 3.56. The number of hydrogen-bond acceptors (Lipinski definition) is 3. The number of hydrogen-bond donors (Lipinski definition) is 2. The molecular formula is C15H20N2O2. The first kappa shape index (κ1) is 12.5. The van der Waals surface area contributed by atoms with E-state index in [1.165, 1.54) is 12.8 Å². The van der Waals surface area contributed by atoms with Crippen molar-refractivity contribution < 1.29 is 9.53 Å². The number of carbonyl (C=O) groups is 1. The minimum Gasteiger partial charge on any atom is -0.398 e. The number of benzene rings is 1. The van der Waals surface area contributed by atoms with Gasteiger partial charge < -0.3 is 15.8 Å². The molecule has 1 aromatic rings. The first-order chi connectivity index (χ1) is 9.15. The third-order valence-corrected chi connectivity index (χ3v) is 3.99. The van der Waals surface area contributed by atoms with Gasteiger partial charge in [0.05, 0.1) is 17.7 Å². The quantitative estimate of drug-likeness (QED) is 0.815. The highest BCUT2D eigenvalue weighted by Gasteiger charge is 2.41. The van der Waals surface area contributed by atoms with Gasteiger partial charge in [-0.15, -0.1) is 0 Å². The van der Waals surface area contributed by atoms with Gasteiger partial charge in [-0.25, -0.2) is 0 Å². The lowest BCUT2D eigenvalue weighted by Gasteiger charge is -2.20. The average Bonchev–Trinajstić information content (AvgIpc) is 3.13. The third kappa shape index (κ3) is 2.59. The minimum absolute atomic E-state index is 0.0812. The zero-order valence-corrected chi connectivity index (χ0v) is 11.2. The normalized spacial score (nSPS) is 26.4. The van der Waals surface area contributed by atoms with Crippen LogP contribution in [0.15, 0.2) is 18.2 Å². The Balaban J connectivity index is 1.72. The molecule has 4 heteroatoms. The van der Waals surface area contributed by atoms with E-state index in [2.05, 4.69) is 5.32 Å². The fourth-order valence-corrected chi connectivity index (χ4v) is 2.77. The SMILES string of the molecule is Cc1ccc(N)c(C(=O)NC2CCOC2C2CC2)c1. The number of nitrogens with two attached hydrogens (primary N) is 1. The van der Waals surface area contributed by atoms with Gasteiger partial charge in [-0.05, 0) is 44.2 Å². The molecule has 3 rings (SSSR count). The number of carbonyl (C=O) groups excluding carboxylic acids is 1. The molecule has 1 aliphatic heterocycles. The van der Waals surface area contributed by atoms with E-state index in [-0.39, 0.29) is 18.1 Å². The highest BCUT2D eigenvalue weighted by atomic mass is 16.5. The van der Waals surface area contributed by atoms with Crippen molar-refractivity contribution in [3.63, 3.8) is 0 Å². The van der Waals surface area contributed by atoms with Crippen molar-refractivity contribution in [1.29, 1.82) is 0 Å². The molecule has 1 amide bonds. The van der Waals surface area contributed by atoms with E-state index in [9.17, 15) is 4.79 Å². The Kier molecular flexibility index (Phi) is 3.19. The molecule has 1 aromatic carbocycles. The highest BCUT2D eigenvalue weighted by Crippen LogP contribution is 2.38. The topological polar surface area (TPSA) is 64.4 Å². The van der Waals surface area contributed by atoms with Crippen LogP contribution in [-0.4, -0.2) is 24.7 Å². The zero-order valence-electron chi connectivity index (χ0n) is 11.2. The summed E-state index contributed by atoms with van der Waals surface area (Å²) >= 11 is 0. The van der Waals surface area contributed by atoms with E-state index in [1.54, 1.807) is 6.07 Å². The fraction of sp³-hybridized carbons (Fsp3) is 0.533. The molecule has 1 heterocycles. The van der Waals surface area contributed by atoms with Crippen LogP contribution >= 0.6 is 0 Å². The van der Waals surface area contributed by atoms with Gasteiger partial charge in [0.2, 0.25) is 0 Å². The molecule has 1 aliphatic carbocycles. The van der Waals surface area contributed by atoms with E-state index in [4.69, 9.17) is 10.5 Å². The van der Waals surface area contributed by atoms with E-state index in [0.717, 1.165) is 18.6 Å². The molecule has 4 nitrogen and oxygen atoms in total. The van der Waals surface area contributed by atoms with Crippen LogP contribution in [0.1, 0.15) is 35.2 Å². The van der Waals surface area contributed by atoms with Crippen LogP contribution in [0.4, 0.5) is 5.69 Å². The molecule has 1 saturated carbocycles. The minimum atomic E-state index is -0.0812. The van der Waals surface area contributed by atoms with E-state index in [0.29, 0.717) is 17.2 Å². The monoisotopic (exact) mass is 260 g/mol. The van der Waals surface area contributed by atoms with Gasteiger partial charge in [0.15, 0.2) is 0 Å². The first-order valence-corrected chi connectivity index (χ1v) is 6.94. The number of ether oxygens (including phenoxy) is 1. The van der Waals surface area contributed by atoms with Gasteiger partial charge in [-0.3, -0.25) is 4.79 Å². The molecule has 102 valence electrons. The van der Waals surface area contributed by atoms with Crippen LogP contribution in [-0.2, 0) is 4.74 Å². The van der Waals surface area contributed by atoms with Crippen LogP contribution in [0.3, 0.4) is 0 Å². The smallest absolute Gasteiger partial charge is 0.253 e. The molecule has 2 atom stereocenters. The molecule has 19 heavy (non-hydrogen) atoms. The van der Waals surface area contributed by atoms with Crippen molar-refractivity contribution in [1.82, 2.24) is 5.32 Å². The molecule has 3 N–H and O–H groups in total. The van der Waals surface area contributed by atoms with Gasteiger partial charge >= 0.3 is 0 Å². The molecule has 2 fully saturated rings. The second kappa shape index (κ2) is 4.85. The number of anilines is 1. The van der Waals surface area contributed by atoms with Gasteiger partial charge in [0, 0.05) is 12.3 Å². The predicted octanol–water partition coefficient (Wildman–Crippen LogP) is 1.87. The van der Waals surface area contributed by atoms with Crippen molar-refractivity contribution in [2.45, 2.75) is 38.3 Å².